The SMILES string of the molecule is CN=C(NCc1sc(C)nc1C)NCC1(c2cccc(Cl)c2)CCOCC1.I. The van der Waals surface area contributed by atoms with Crippen molar-refractivity contribution < 1.29 is 4.74 Å². The lowest BCUT2D eigenvalue weighted by molar-refractivity contribution is 0.0514. The lowest BCUT2D eigenvalue weighted by Crippen LogP contribution is -2.47. The van der Waals surface area contributed by atoms with Crippen LogP contribution in [0.15, 0.2) is 29.3 Å². The van der Waals surface area contributed by atoms with Crippen molar-refractivity contribution in [3.05, 3.63) is 50.4 Å². The van der Waals surface area contributed by atoms with Crippen molar-refractivity contribution in [2.75, 3.05) is 26.8 Å². The van der Waals surface area contributed by atoms with E-state index in [1.807, 2.05) is 26.0 Å². The number of nitrogens with one attached hydrogen (secondary N) is 2. The number of ether oxygens (including phenoxy) is 1. The third-order valence-corrected chi connectivity index (χ3v) is 6.43. The number of aryl methyl sites for hydroxylation is 2. The maximum Gasteiger partial charge on any atom is 0.191 e. The molecule has 0 bridgehead atoms. The largest absolute Gasteiger partial charge is 0.381 e. The summed E-state index contributed by atoms with van der Waals surface area (Å²) in [5, 5.41) is 8.80. The smallest absolute Gasteiger partial charge is 0.191 e. The second-order valence-electron chi connectivity index (χ2n) is 6.92. The van der Waals surface area contributed by atoms with Gasteiger partial charge in [-0.25, -0.2) is 4.98 Å². The van der Waals surface area contributed by atoms with Crippen molar-refractivity contribution >= 4 is 52.9 Å². The van der Waals surface area contributed by atoms with Crippen LogP contribution in [0.5, 0.6) is 0 Å². The minimum atomic E-state index is -0.00222. The van der Waals surface area contributed by atoms with Crippen LogP contribution in [0.2, 0.25) is 5.02 Å². The topological polar surface area (TPSA) is 58.5 Å². The van der Waals surface area contributed by atoms with Crippen LogP contribution in [-0.2, 0) is 16.7 Å². The van der Waals surface area contributed by atoms with E-state index >= 15 is 0 Å². The zero-order valence-electron chi connectivity index (χ0n) is 16.5. The summed E-state index contributed by atoms with van der Waals surface area (Å²) in [5.41, 5.74) is 2.34. The standard InChI is InChI=1S/C20H27ClN4OS.HI/c1-14-18(27-15(2)25-14)12-23-19(22-3)24-13-20(7-9-26-10-8-20)16-5-4-6-17(21)11-16;/h4-6,11H,7-10,12-13H2,1-3H3,(H2,22,23,24);1H. The van der Waals surface area contributed by atoms with Crippen molar-refractivity contribution in [3.8, 4) is 0 Å². The first-order chi connectivity index (χ1) is 13.0. The molecular weight excluding hydrogens is 507 g/mol. The third-order valence-electron chi connectivity index (χ3n) is 5.12. The van der Waals surface area contributed by atoms with Gasteiger partial charge in [0.05, 0.1) is 17.2 Å². The first kappa shape index (κ1) is 23.4. The molecular formula is C20H28ClIN4OS. The Labute approximate surface area is 193 Å². The molecule has 2 N–H and O–H groups in total. The molecule has 8 heteroatoms. The van der Waals surface area contributed by atoms with E-state index in [2.05, 4.69) is 32.7 Å². The number of hydrogen-bond donors (Lipinski definition) is 2. The number of halogens is 2. The normalized spacial score (nSPS) is 16.4. The molecule has 0 spiro atoms. The van der Waals surface area contributed by atoms with E-state index in [0.717, 1.165) is 60.8 Å². The van der Waals surface area contributed by atoms with Gasteiger partial charge in [-0.15, -0.1) is 35.3 Å². The molecule has 1 aromatic heterocycles. The van der Waals surface area contributed by atoms with Gasteiger partial charge in [0, 0.05) is 42.1 Å². The first-order valence-corrected chi connectivity index (χ1v) is 10.4. The summed E-state index contributed by atoms with van der Waals surface area (Å²) in [5.74, 6) is 0.799. The van der Waals surface area contributed by atoms with Crippen LogP contribution in [-0.4, -0.2) is 37.7 Å². The number of benzene rings is 1. The van der Waals surface area contributed by atoms with Gasteiger partial charge in [-0.1, -0.05) is 23.7 Å². The van der Waals surface area contributed by atoms with Crippen molar-refractivity contribution in [1.29, 1.82) is 0 Å². The second kappa shape index (κ2) is 10.8. The Morgan fingerprint density at radius 1 is 1.29 bits per heavy atom. The lowest BCUT2D eigenvalue weighted by atomic mass is 9.74. The Hall–Kier alpha value is -0.900. The van der Waals surface area contributed by atoms with Crippen LogP contribution in [0.4, 0.5) is 0 Å². The quantitative estimate of drug-likeness (QED) is 0.338. The van der Waals surface area contributed by atoms with Gasteiger partial charge in [0.2, 0.25) is 0 Å². The van der Waals surface area contributed by atoms with Gasteiger partial charge in [-0.05, 0) is 44.4 Å². The number of nitrogens with zero attached hydrogens (tertiary/aromatic N) is 2. The highest BCUT2D eigenvalue weighted by Gasteiger charge is 2.34. The minimum absolute atomic E-state index is 0. The first-order valence-electron chi connectivity index (χ1n) is 9.24. The summed E-state index contributed by atoms with van der Waals surface area (Å²) >= 11 is 7.98. The molecule has 1 saturated heterocycles. The fourth-order valence-corrected chi connectivity index (χ4v) is 4.59. The summed E-state index contributed by atoms with van der Waals surface area (Å²) in [6.45, 7) is 7.13. The summed E-state index contributed by atoms with van der Waals surface area (Å²) in [6, 6.07) is 8.19. The highest BCUT2D eigenvalue weighted by Crippen LogP contribution is 2.35. The lowest BCUT2D eigenvalue weighted by Gasteiger charge is -2.38. The summed E-state index contributed by atoms with van der Waals surface area (Å²) < 4.78 is 5.62. The number of thiazole rings is 1. The van der Waals surface area contributed by atoms with Gasteiger partial charge >= 0.3 is 0 Å². The van der Waals surface area contributed by atoms with E-state index in [1.54, 1.807) is 18.4 Å². The Kier molecular flexibility index (Phi) is 8.98. The molecule has 154 valence electrons. The average molecular weight is 535 g/mol. The number of aliphatic imine (C=N–C) groups is 1. The summed E-state index contributed by atoms with van der Waals surface area (Å²) in [7, 11) is 1.80. The molecule has 0 radical (unpaired) electrons. The fraction of sp³-hybridized carbons (Fsp3) is 0.500. The molecule has 2 aromatic rings. The van der Waals surface area contributed by atoms with Gasteiger partial charge < -0.3 is 15.4 Å². The molecule has 0 saturated carbocycles. The maximum atomic E-state index is 6.26. The van der Waals surface area contributed by atoms with E-state index in [-0.39, 0.29) is 29.4 Å². The van der Waals surface area contributed by atoms with Gasteiger partial charge in [0.25, 0.3) is 0 Å². The maximum absolute atomic E-state index is 6.26. The van der Waals surface area contributed by atoms with Gasteiger partial charge in [-0.2, -0.15) is 0 Å². The Morgan fingerprint density at radius 3 is 2.64 bits per heavy atom. The van der Waals surface area contributed by atoms with Crippen LogP contribution in [0.3, 0.4) is 0 Å². The Balaban J connectivity index is 0.00000280. The molecule has 28 heavy (non-hydrogen) atoms. The Morgan fingerprint density at radius 2 is 2.04 bits per heavy atom. The molecule has 1 aliphatic rings. The molecule has 0 amide bonds. The zero-order chi connectivity index (χ0) is 19.3. The molecule has 0 atom stereocenters. The average Bonchev–Trinajstić information content (AvgIpc) is 3.00. The molecule has 1 aromatic carbocycles. The molecule has 1 aliphatic heterocycles. The van der Waals surface area contributed by atoms with Gasteiger partial charge in [0.15, 0.2) is 5.96 Å². The van der Waals surface area contributed by atoms with Crippen molar-refractivity contribution in [1.82, 2.24) is 15.6 Å². The van der Waals surface area contributed by atoms with E-state index < -0.39 is 0 Å². The molecule has 2 heterocycles. The van der Waals surface area contributed by atoms with Gasteiger partial charge in [0.1, 0.15) is 0 Å². The predicted molar refractivity (Wildman–Crippen MR) is 128 cm³/mol. The van der Waals surface area contributed by atoms with Crippen molar-refractivity contribution in [3.63, 3.8) is 0 Å². The third kappa shape index (κ3) is 5.81. The van der Waals surface area contributed by atoms with Crippen LogP contribution in [0.25, 0.3) is 0 Å². The number of guanidine groups is 1. The molecule has 0 unspecified atom stereocenters. The number of hydrogen-bond acceptors (Lipinski definition) is 4. The van der Waals surface area contributed by atoms with E-state index in [1.165, 1.54) is 10.4 Å². The molecule has 0 aliphatic carbocycles. The van der Waals surface area contributed by atoms with Crippen LogP contribution in [0.1, 0.15) is 34.0 Å². The highest BCUT2D eigenvalue weighted by molar-refractivity contribution is 14.0. The monoisotopic (exact) mass is 534 g/mol. The van der Waals surface area contributed by atoms with Crippen LogP contribution >= 0.6 is 46.9 Å². The van der Waals surface area contributed by atoms with Gasteiger partial charge in [-0.3, -0.25) is 4.99 Å². The minimum Gasteiger partial charge on any atom is -0.381 e. The van der Waals surface area contributed by atoms with E-state index in [0.29, 0.717) is 0 Å². The number of aromatic nitrogens is 1. The van der Waals surface area contributed by atoms with Crippen LogP contribution < -0.4 is 10.6 Å². The number of rotatable bonds is 5. The van der Waals surface area contributed by atoms with E-state index in [9.17, 15) is 0 Å². The second-order valence-corrected chi connectivity index (χ2v) is 8.65. The van der Waals surface area contributed by atoms with Crippen molar-refractivity contribution in [2.45, 2.75) is 38.6 Å². The fourth-order valence-electron chi connectivity index (χ4n) is 3.52. The highest BCUT2D eigenvalue weighted by atomic mass is 127. The molecule has 5 nitrogen and oxygen atoms in total. The van der Waals surface area contributed by atoms with Crippen molar-refractivity contribution in [2.24, 2.45) is 4.99 Å². The molecule has 3 rings (SSSR count). The molecule has 1 fully saturated rings. The summed E-state index contributed by atoms with van der Waals surface area (Å²) in [4.78, 5) is 10.1. The van der Waals surface area contributed by atoms with E-state index in [4.69, 9.17) is 16.3 Å². The van der Waals surface area contributed by atoms with Crippen LogP contribution in [0, 0.1) is 13.8 Å². The summed E-state index contributed by atoms with van der Waals surface area (Å²) in [6.07, 6.45) is 1.93. The zero-order valence-corrected chi connectivity index (χ0v) is 20.5. The Bertz CT molecular complexity index is 805. The predicted octanol–water partition coefficient (Wildman–Crippen LogP) is 4.44.